The van der Waals surface area contributed by atoms with Gasteiger partial charge in [-0.1, -0.05) is 30.3 Å². The third kappa shape index (κ3) is 3.47. The fourth-order valence-corrected chi connectivity index (χ4v) is 2.44. The first-order chi connectivity index (χ1) is 7.84. The fraction of sp³-hybridized carbons (Fsp3) is 0.286. The lowest BCUT2D eigenvalue weighted by atomic mass is 10.0. The second-order valence-corrected chi connectivity index (χ2v) is 4.79. The van der Waals surface area contributed by atoms with E-state index in [4.69, 9.17) is 0 Å². The number of hydrogen-bond donors (Lipinski definition) is 1. The molecule has 0 aliphatic rings. The zero-order chi connectivity index (χ0) is 11.2. The number of aliphatic hydroxyl groups is 1. The molecular formula is C14H16OS. The van der Waals surface area contributed by atoms with Gasteiger partial charge in [-0.2, -0.15) is 11.3 Å². The third-order valence-electron chi connectivity index (χ3n) is 2.66. The molecule has 2 aromatic rings. The standard InChI is InChI=1S/C14H16OS/c15-14(10-13-8-9-16-11-13)7-6-12-4-2-1-3-5-12/h1-5,8-9,11,14-15H,6-7,10H2. The summed E-state index contributed by atoms with van der Waals surface area (Å²) in [6.45, 7) is 0. The van der Waals surface area contributed by atoms with Crippen molar-refractivity contribution in [3.8, 4) is 0 Å². The van der Waals surface area contributed by atoms with Gasteiger partial charge in [-0.25, -0.2) is 0 Å². The average molecular weight is 232 g/mol. The molecule has 1 aromatic heterocycles. The van der Waals surface area contributed by atoms with Crippen molar-refractivity contribution < 1.29 is 5.11 Å². The highest BCUT2D eigenvalue weighted by molar-refractivity contribution is 7.07. The Hall–Kier alpha value is -1.12. The van der Waals surface area contributed by atoms with E-state index >= 15 is 0 Å². The van der Waals surface area contributed by atoms with Crippen LogP contribution in [0.4, 0.5) is 0 Å². The van der Waals surface area contributed by atoms with Gasteiger partial charge in [0.2, 0.25) is 0 Å². The second-order valence-electron chi connectivity index (χ2n) is 4.01. The van der Waals surface area contributed by atoms with Crippen LogP contribution in [0.25, 0.3) is 0 Å². The van der Waals surface area contributed by atoms with E-state index in [-0.39, 0.29) is 6.10 Å². The highest BCUT2D eigenvalue weighted by Crippen LogP contribution is 2.12. The number of aliphatic hydroxyl groups excluding tert-OH is 1. The molecular weight excluding hydrogens is 216 g/mol. The van der Waals surface area contributed by atoms with E-state index in [0.717, 1.165) is 19.3 Å². The molecule has 0 bridgehead atoms. The van der Waals surface area contributed by atoms with Crippen LogP contribution < -0.4 is 0 Å². The Labute approximate surface area is 100 Å². The summed E-state index contributed by atoms with van der Waals surface area (Å²) in [7, 11) is 0. The molecule has 0 aliphatic heterocycles. The third-order valence-corrected chi connectivity index (χ3v) is 3.39. The number of benzene rings is 1. The maximum absolute atomic E-state index is 9.89. The topological polar surface area (TPSA) is 20.2 Å². The molecule has 1 aromatic carbocycles. The van der Waals surface area contributed by atoms with Crippen LogP contribution in [-0.4, -0.2) is 11.2 Å². The fourth-order valence-electron chi connectivity index (χ4n) is 1.76. The van der Waals surface area contributed by atoms with E-state index in [1.807, 2.05) is 18.2 Å². The van der Waals surface area contributed by atoms with E-state index in [2.05, 4.69) is 29.0 Å². The van der Waals surface area contributed by atoms with Crippen molar-refractivity contribution in [2.24, 2.45) is 0 Å². The first-order valence-corrected chi connectivity index (χ1v) is 6.52. The van der Waals surface area contributed by atoms with Crippen LogP contribution in [0.15, 0.2) is 47.2 Å². The van der Waals surface area contributed by atoms with Crippen molar-refractivity contribution in [3.63, 3.8) is 0 Å². The highest BCUT2D eigenvalue weighted by Gasteiger charge is 2.06. The molecule has 0 fully saturated rings. The molecule has 2 heteroatoms. The molecule has 2 rings (SSSR count). The van der Waals surface area contributed by atoms with Gasteiger partial charge in [0.15, 0.2) is 0 Å². The van der Waals surface area contributed by atoms with Crippen LogP contribution in [0.1, 0.15) is 17.5 Å². The molecule has 16 heavy (non-hydrogen) atoms. The maximum Gasteiger partial charge on any atom is 0.0584 e. The maximum atomic E-state index is 9.89. The first-order valence-electron chi connectivity index (χ1n) is 5.57. The predicted molar refractivity (Wildman–Crippen MR) is 68.8 cm³/mol. The number of aryl methyl sites for hydroxylation is 1. The Morgan fingerprint density at radius 3 is 2.56 bits per heavy atom. The van der Waals surface area contributed by atoms with Crippen LogP contribution in [-0.2, 0) is 12.8 Å². The second kappa shape index (κ2) is 5.83. The van der Waals surface area contributed by atoms with Crippen LogP contribution in [0.5, 0.6) is 0 Å². The molecule has 0 saturated heterocycles. The van der Waals surface area contributed by atoms with Crippen molar-refractivity contribution in [2.45, 2.75) is 25.4 Å². The van der Waals surface area contributed by atoms with Crippen molar-refractivity contribution in [3.05, 3.63) is 58.3 Å². The summed E-state index contributed by atoms with van der Waals surface area (Å²) in [5, 5.41) is 14.0. The molecule has 1 atom stereocenters. The molecule has 1 nitrogen and oxygen atoms in total. The summed E-state index contributed by atoms with van der Waals surface area (Å²) >= 11 is 1.68. The van der Waals surface area contributed by atoms with Gasteiger partial charge in [0.1, 0.15) is 0 Å². The summed E-state index contributed by atoms with van der Waals surface area (Å²) < 4.78 is 0. The van der Waals surface area contributed by atoms with E-state index < -0.39 is 0 Å². The van der Waals surface area contributed by atoms with Crippen molar-refractivity contribution >= 4 is 11.3 Å². The molecule has 1 unspecified atom stereocenters. The minimum absolute atomic E-state index is 0.227. The van der Waals surface area contributed by atoms with Crippen LogP contribution in [0, 0.1) is 0 Å². The van der Waals surface area contributed by atoms with Crippen molar-refractivity contribution in [1.82, 2.24) is 0 Å². The molecule has 0 aliphatic carbocycles. The lowest BCUT2D eigenvalue weighted by Gasteiger charge is -2.09. The Morgan fingerprint density at radius 2 is 1.88 bits per heavy atom. The van der Waals surface area contributed by atoms with Crippen molar-refractivity contribution in [1.29, 1.82) is 0 Å². The van der Waals surface area contributed by atoms with Crippen LogP contribution in [0.2, 0.25) is 0 Å². The molecule has 0 spiro atoms. The molecule has 0 amide bonds. The molecule has 0 radical (unpaired) electrons. The Morgan fingerprint density at radius 1 is 1.06 bits per heavy atom. The monoisotopic (exact) mass is 232 g/mol. The molecule has 0 saturated carbocycles. The minimum atomic E-state index is -0.227. The van der Waals surface area contributed by atoms with E-state index in [0.29, 0.717) is 0 Å². The zero-order valence-corrected chi connectivity index (χ0v) is 9.99. The van der Waals surface area contributed by atoms with Gasteiger partial charge < -0.3 is 5.11 Å². The molecule has 1 N–H and O–H groups in total. The Kier molecular flexibility index (Phi) is 4.14. The van der Waals surface area contributed by atoms with E-state index in [1.165, 1.54) is 11.1 Å². The summed E-state index contributed by atoms with van der Waals surface area (Å²) in [5.41, 5.74) is 2.54. The van der Waals surface area contributed by atoms with Gasteiger partial charge in [0.25, 0.3) is 0 Å². The van der Waals surface area contributed by atoms with Gasteiger partial charge in [0, 0.05) is 0 Å². The lowest BCUT2D eigenvalue weighted by Crippen LogP contribution is -2.11. The summed E-state index contributed by atoms with van der Waals surface area (Å²) in [6.07, 6.45) is 2.33. The quantitative estimate of drug-likeness (QED) is 0.838. The Balaban J connectivity index is 1.78. The molecule has 1 heterocycles. The number of thiophene rings is 1. The normalized spacial score (nSPS) is 12.6. The molecule has 84 valence electrons. The predicted octanol–water partition coefficient (Wildman–Crippen LogP) is 3.28. The summed E-state index contributed by atoms with van der Waals surface area (Å²) in [6, 6.07) is 12.4. The van der Waals surface area contributed by atoms with Gasteiger partial charge in [0.05, 0.1) is 6.10 Å². The SMILES string of the molecule is OC(CCc1ccccc1)Cc1ccsc1. The van der Waals surface area contributed by atoms with Crippen LogP contribution >= 0.6 is 11.3 Å². The summed E-state index contributed by atoms with van der Waals surface area (Å²) in [4.78, 5) is 0. The smallest absolute Gasteiger partial charge is 0.0584 e. The minimum Gasteiger partial charge on any atom is -0.393 e. The van der Waals surface area contributed by atoms with Crippen molar-refractivity contribution in [2.75, 3.05) is 0 Å². The zero-order valence-electron chi connectivity index (χ0n) is 9.17. The van der Waals surface area contributed by atoms with Gasteiger partial charge in [-0.15, -0.1) is 0 Å². The van der Waals surface area contributed by atoms with E-state index in [1.54, 1.807) is 11.3 Å². The average Bonchev–Trinajstić information content (AvgIpc) is 2.81. The number of hydrogen-bond acceptors (Lipinski definition) is 2. The van der Waals surface area contributed by atoms with Gasteiger partial charge >= 0.3 is 0 Å². The van der Waals surface area contributed by atoms with E-state index in [9.17, 15) is 5.11 Å². The van der Waals surface area contributed by atoms with Crippen LogP contribution in [0.3, 0.4) is 0 Å². The Bertz CT molecular complexity index is 394. The first kappa shape index (κ1) is 11.4. The highest BCUT2D eigenvalue weighted by atomic mass is 32.1. The van der Waals surface area contributed by atoms with Gasteiger partial charge in [-0.3, -0.25) is 0 Å². The van der Waals surface area contributed by atoms with Gasteiger partial charge in [-0.05, 0) is 47.2 Å². The largest absolute Gasteiger partial charge is 0.393 e. The summed E-state index contributed by atoms with van der Waals surface area (Å²) in [5.74, 6) is 0. The lowest BCUT2D eigenvalue weighted by molar-refractivity contribution is 0.165. The number of rotatable bonds is 5.